The van der Waals surface area contributed by atoms with Crippen LogP contribution in [0.1, 0.15) is 53.4 Å². The highest BCUT2D eigenvalue weighted by Crippen LogP contribution is 2.69. The average Bonchev–Trinajstić information content (AvgIpc) is 3.17. The number of ketones is 2. The summed E-state index contributed by atoms with van der Waals surface area (Å²) in [5.41, 5.74) is -1.04. The topological polar surface area (TPSA) is 102 Å². The number of aliphatic hydroxyl groups is 1. The number of Topliss-reactive ketones (excluding diaryl/α,β-unsaturated/α-hetero) is 1. The highest BCUT2D eigenvalue weighted by molar-refractivity contribution is 6.01. The standard InChI is InChI=1S/C25H31NO6/c1-13-26-25(20(30)12-31-14(2)27)21(32-13)10-18-17-6-5-15-9-16(28)7-8-23(15,3)22(17)19(29)11-24(18,25)4/h7-9,17-19,21-22,29H,5-6,10-12H2,1-4H3/t17-,18-,19+,21+,22+,23+,24-,25+/m1/s1. The molecule has 0 aromatic carbocycles. The van der Waals surface area contributed by atoms with Crippen LogP contribution in [-0.2, 0) is 23.9 Å². The van der Waals surface area contributed by atoms with Crippen LogP contribution in [0, 0.1) is 28.6 Å². The summed E-state index contributed by atoms with van der Waals surface area (Å²) in [6, 6.07) is 0. The lowest BCUT2D eigenvalue weighted by Gasteiger charge is -2.59. The Hall–Kier alpha value is -2.28. The number of ether oxygens (including phenoxy) is 2. The van der Waals surface area contributed by atoms with E-state index in [1.54, 1.807) is 19.1 Å². The number of allylic oxidation sites excluding steroid dienone is 4. The molecule has 0 bridgehead atoms. The lowest BCUT2D eigenvalue weighted by molar-refractivity contribution is -0.155. The summed E-state index contributed by atoms with van der Waals surface area (Å²) in [5, 5.41) is 11.6. The van der Waals surface area contributed by atoms with E-state index < -0.39 is 29.1 Å². The predicted octanol–water partition coefficient (Wildman–Crippen LogP) is 2.56. The van der Waals surface area contributed by atoms with E-state index in [2.05, 4.69) is 13.8 Å². The summed E-state index contributed by atoms with van der Waals surface area (Å²) >= 11 is 0. The Morgan fingerprint density at radius 3 is 2.81 bits per heavy atom. The minimum atomic E-state index is -1.15. The molecule has 1 aliphatic heterocycles. The molecule has 32 heavy (non-hydrogen) atoms. The zero-order valence-electron chi connectivity index (χ0n) is 19.1. The minimum absolute atomic E-state index is 0.00898. The van der Waals surface area contributed by atoms with Crippen LogP contribution < -0.4 is 0 Å². The van der Waals surface area contributed by atoms with Crippen LogP contribution in [-0.4, -0.2) is 52.9 Å². The number of rotatable bonds is 3. The third-order valence-electron chi connectivity index (χ3n) is 9.17. The molecule has 0 amide bonds. The lowest BCUT2D eigenvalue weighted by Crippen LogP contribution is -2.62. The number of carbonyl (C=O) groups is 3. The zero-order valence-corrected chi connectivity index (χ0v) is 19.1. The molecule has 0 aromatic heterocycles. The first-order chi connectivity index (χ1) is 15.0. The SMILES string of the molecule is CC(=O)OCC(=O)[C@]12N=C(C)O[C@H]1C[C@@H]1[C@H]3CCC4=CC(=O)C=C[C@]4(C)[C@@H]3[C@@H](O)C[C@]12C. The largest absolute Gasteiger partial charge is 0.475 e. The van der Waals surface area contributed by atoms with Gasteiger partial charge in [0.15, 0.2) is 23.8 Å². The van der Waals surface area contributed by atoms with Gasteiger partial charge in [-0.1, -0.05) is 25.5 Å². The molecule has 8 atom stereocenters. The second kappa shape index (κ2) is 6.86. The first-order valence-corrected chi connectivity index (χ1v) is 11.5. The summed E-state index contributed by atoms with van der Waals surface area (Å²) in [7, 11) is 0. The van der Waals surface area contributed by atoms with Gasteiger partial charge in [0.2, 0.25) is 5.78 Å². The molecule has 3 fully saturated rings. The van der Waals surface area contributed by atoms with Gasteiger partial charge in [-0.2, -0.15) is 0 Å². The van der Waals surface area contributed by atoms with Crippen molar-refractivity contribution in [1.29, 1.82) is 0 Å². The van der Waals surface area contributed by atoms with E-state index in [1.807, 2.05) is 6.08 Å². The van der Waals surface area contributed by atoms with Gasteiger partial charge in [-0.05, 0) is 49.7 Å². The van der Waals surface area contributed by atoms with Crippen molar-refractivity contribution in [1.82, 2.24) is 0 Å². The van der Waals surface area contributed by atoms with Crippen LogP contribution in [0.15, 0.2) is 28.8 Å². The number of nitrogens with zero attached hydrogens (tertiary/aromatic N) is 1. The highest BCUT2D eigenvalue weighted by Gasteiger charge is 2.74. The Labute approximate surface area is 187 Å². The lowest BCUT2D eigenvalue weighted by atomic mass is 9.46. The molecule has 4 aliphatic carbocycles. The number of esters is 1. The van der Waals surface area contributed by atoms with Gasteiger partial charge in [0.05, 0.1) is 6.10 Å². The molecule has 1 heterocycles. The monoisotopic (exact) mass is 441 g/mol. The van der Waals surface area contributed by atoms with Crippen molar-refractivity contribution in [2.45, 2.75) is 71.1 Å². The molecule has 0 radical (unpaired) electrons. The fourth-order valence-corrected chi connectivity index (χ4v) is 7.97. The molecule has 5 rings (SSSR count). The molecule has 3 saturated carbocycles. The molecular formula is C25H31NO6. The molecule has 7 heteroatoms. The Balaban J connectivity index is 1.56. The van der Waals surface area contributed by atoms with Gasteiger partial charge in [-0.15, -0.1) is 0 Å². The molecule has 172 valence electrons. The summed E-state index contributed by atoms with van der Waals surface area (Å²) in [6.07, 6.45) is 7.01. The highest BCUT2D eigenvalue weighted by atomic mass is 16.5. The first kappa shape index (κ1) is 21.6. The van der Waals surface area contributed by atoms with E-state index in [9.17, 15) is 19.5 Å². The normalized spacial score (nSPS) is 46.2. The van der Waals surface area contributed by atoms with Crippen molar-refractivity contribution in [2.24, 2.45) is 33.6 Å². The fourth-order valence-electron chi connectivity index (χ4n) is 7.97. The van der Waals surface area contributed by atoms with Crippen molar-refractivity contribution in [2.75, 3.05) is 6.61 Å². The third kappa shape index (κ3) is 2.63. The van der Waals surface area contributed by atoms with E-state index in [-0.39, 0.29) is 41.3 Å². The predicted molar refractivity (Wildman–Crippen MR) is 116 cm³/mol. The molecule has 5 aliphatic rings. The molecular weight excluding hydrogens is 410 g/mol. The van der Waals surface area contributed by atoms with Crippen LogP contribution in [0.3, 0.4) is 0 Å². The van der Waals surface area contributed by atoms with Gasteiger partial charge in [-0.3, -0.25) is 14.4 Å². The molecule has 1 N–H and O–H groups in total. The van der Waals surface area contributed by atoms with Crippen molar-refractivity contribution < 1.29 is 29.0 Å². The van der Waals surface area contributed by atoms with Gasteiger partial charge < -0.3 is 14.6 Å². The smallest absolute Gasteiger partial charge is 0.303 e. The summed E-state index contributed by atoms with van der Waals surface area (Å²) in [5.74, 6) is -0.0140. The molecule has 0 aromatic rings. The summed E-state index contributed by atoms with van der Waals surface area (Å²) in [4.78, 5) is 41.7. The van der Waals surface area contributed by atoms with Gasteiger partial charge in [-0.25, -0.2) is 4.99 Å². The Kier molecular flexibility index (Phi) is 4.62. The maximum absolute atomic E-state index is 13.5. The van der Waals surface area contributed by atoms with Crippen molar-refractivity contribution in [3.63, 3.8) is 0 Å². The van der Waals surface area contributed by atoms with Crippen LogP contribution >= 0.6 is 0 Å². The number of hydrogen-bond donors (Lipinski definition) is 1. The van der Waals surface area contributed by atoms with Gasteiger partial charge >= 0.3 is 5.97 Å². The van der Waals surface area contributed by atoms with Gasteiger partial charge in [0.1, 0.15) is 6.10 Å². The average molecular weight is 442 g/mol. The van der Waals surface area contributed by atoms with Crippen LogP contribution in [0.25, 0.3) is 0 Å². The Morgan fingerprint density at radius 2 is 2.09 bits per heavy atom. The van der Waals surface area contributed by atoms with E-state index in [0.717, 1.165) is 18.4 Å². The van der Waals surface area contributed by atoms with E-state index in [1.165, 1.54) is 6.92 Å². The number of fused-ring (bicyclic) bond motifs is 7. The number of aliphatic hydroxyl groups excluding tert-OH is 1. The Bertz CT molecular complexity index is 996. The molecule has 0 spiro atoms. The van der Waals surface area contributed by atoms with E-state index in [4.69, 9.17) is 14.5 Å². The fraction of sp³-hybridized carbons (Fsp3) is 0.680. The zero-order chi connectivity index (χ0) is 23.1. The van der Waals surface area contributed by atoms with Crippen LogP contribution in [0.2, 0.25) is 0 Å². The quantitative estimate of drug-likeness (QED) is 0.676. The maximum atomic E-state index is 13.5. The second-order valence-corrected chi connectivity index (χ2v) is 10.7. The second-order valence-electron chi connectivity index (χ2n) is 10.7. The van der Waals surface area contributed by atoms with E-state index in [0.29, 0.717) is 18.7 Å². The number of carbonyl (C=O) groups excluding carboxylic acids is 3. The van der Waals surface area contributed by atoms with Gasteiger partial charge in [0.25, 0.3) is 0 Å². The first-order valence-electron chi connectivity index (χ1n) is 11.5. The van der Waals surface area contributed by atoms with Crippen LogP contribution in [0.5, 0.6) is 0 Å². The van der Waals surface area contributed by atoms with Crippen LogP contribution in [0.4, 0.5) is 0 Å². The van der Waals surface area contributed by atoms with Crippen molar-refractivity contribution >= 4 is 23.4 Å². The van der Waals surface area contributed by atoms with E-state index >= 15 is 0 Å². The summed E-state index contributed by atoms with van der Waals surface area (Å²) < 4.78 is 11.2. The third-order valence-corrected chi connectivity index (χ3v) is 9.17. The molecule has 7 nitrogen and oxygen atoms in total. The Morgan fingerprint density at radius 1 is 1.34 bits per heavy atom. The molecule has 0 saturated heterocycles. The summed E-state index contributed by atoms with van der Waals surface area (Å²) in [6.45, 7) is 6.88. The minimum Gasteiger partial charge on any atom is -0.475 e. The van der Waals surface area contributed by atoms with Crippen molar-refractivity contribution in [3.8, 4) is 0 Å². The number of aliphatic imine (C=N–C) groups is 1. The van der Waals surface area contributed by atoms with Crippen molar-refractivity contribution in [3.05, 3.63) is 23.8 Å². The number of hydrogen-bond acceptors (Lipinski definition) is 7. The maximum Gasteiger partial charge on any atom is 0.303 e. The molecule has 0 unspecified atom stereocenters. The van der Waals surface area contributed by atoms with Gasteiger partial charge in [0, 0.05) is 30.6 Å².